The Morgan fingerprint density at radius 3 is 2.67 bits per heavy atom. The monoisotopic (exact) mass is 307 g/mol. The summed E-state index contributed by atoms with van der Waals surface area (Å²) in [4.78, 5) is 24.0. The Morgan fingerprint density at radius 1 is 1.24 bits per heavy atom. The maximum absolute atomic E-state index is 12.2. The van der Waals surface area contributed by atoms with Crippen molar-refractivity contribution in [3.05, 3.63) is 40.1 Å². The molecule has 2 N–H and O–H groups in total. The molecule has 0 saturated heterocycles. The van der Waals surface area contributed by atoms with Crippen LogP contribution >= 0.6 is 11.3 Å². The first kappa shape index (κ1) is 14.9. The average Bonchev–Trinajstić information content (AvgIpc) is 2.95. The van der Waals surface area contributed by atoms with E-state index in [9.17, 15) is 14.7 Å². The lowest BCUT2D eigenvalue weighted by molar-refractivity contribution is 0.0607. The Bertz CT molecular complexity index is 680. The molecule has 6 nitrogen and oxygen atoms in total. The summed E-state index contributed by atoms with van der Waals surface area (Å²) in [5, 5.41) is 14.0. The topological polar surface area (TPSA) is 84.9 Å². The van der Waals surface area contributed by atoms with Crippen LogP contribution in [-0.2, 0) is 4.74 Å². The maximum atomic E-state index is 12.2. The van der Waals surface area contributed by atoms with Crippen LogP contribution in [0, 0.1) is 0 Å². The summed E-state index contributed by atoms with van der Waals surface area (Å²) in [6.45, 7) is 0. The number of carbonyl (C=O) groups is 2. The number of phenolic OH excluding ortho intramolecular Hbond substituents is 1. The molecule has 0 unspecified atom stereocenters. The number of aromatic hydroxyl groups is 1. The predicted octanol–water partition coefficient (Wildman–Crippen LogP) is 2.50. The van der Waals surface area contributed by atoms with Gasteiger partial charge in [-0.3, -0.25) is 4.79 Å². The molecule has 0 aliphatic rings. The van der Waals surface area contributed by atoms with Crippen LogP contribution in [0.5, 0.6) is 11.5 Å². The van der Waals surface area contributed by atoms with Gasteiger partial charge in [-0.15, -0.1) is 11.3 Å². The van der Waals surface area contributed by atoms with Crippen molar-refractivity contribution in [3.8, 4) is 11.5 Å². The third-order valence-corrected chi connectivity index (χ3v) is 3.63. The Labute approximate surface area is 124 Å². The van der Waals surface area contributed by atoms with E-state index < -0.39 is 11.9 Å². The van der Waals surface area contributed by atoms with Crippen LogP contribution in [0.15, 0.2) is 29.6 Å². The van der Waals surface area contributed by atoms with Crippen molar-refractivity contribution in [1.29, 1.82) is 0 Å². The maximum Gasteiger partial charge on any atom is 0.350 e. The Morgan fingerprint density at radius 2 is 2.00 bits per heavy atom. The molecule has 2 rings (SSSR count). The summed E-state index contributed by atoms with van der Waals surface area (Å²) in [5.41, 5.74) is 0.385. The molecule has 2 aromatic rings. The number of esters is 1. The van der Waals surface area contributed by atoms with Crippen LogP contribution in [0.2, 0.25) is 0 Å². The molecule has 1 aromatic heterocycles. The fourth-order valence-corrected chi connectivity index (χ4v) is 2.44. The number of benzene rings is 1. The highest BCUT2D eigenvalue weighted by molar-refractivity contribution is 7.12. The number of ether oxygens (including phenoxy) is 2. The molecule has 7 heteroatoms. The predicted molar refractivity (Wildman–Crippen MR) is 78.3 cm³/mol. The summed E-state index contributed by atoms with van der Waals surface area (Å²) in [5.74, 6) is -0.815. The van der Waals surface area contributed by atoms with Crippen LogP contribution in [0.4, 0.5) is 5.69 Å². The molecule has 0 atom stereocenters. The molecule has 110 valence electrons. The normalized spacial score (nSPS) is 10.0. The zero-order valence-electron chi connectivity index (χ0n) is 11.4. The third kappa shape index (κ3) is 3.14. The fourth-order valence-electron chi connectivity index (χ4n) is 1.67. The minimum Gasteiger partial charge on any atom is -0.507 e. The Hall–Kier alpha value is -2.54. The molecule has 0 aliphatic carbocycles. The number of methoxy groups -OCH3 is 2. The zero-order valence-corrected chi connectivity index (χ0v) is 12.2. The molecule has 1 heterocycles. The van der Waals surface area contributed by atoms with Crippen LogP contribution in [0.3, 0.4) is 0 Å². The number of anilines is 1. The van der Waals surface area contributed by atoms with Crippen molar-refractivity contribution in [1.82, 2.24) is 0 Å². The van der Waals surface area contributed by atoms with Crippen LogP contribution < -0.4 is 10.1 Å². The number of amides is 1. The number of carbonyl (C=O) groups excluding carboxylic acids is 2. The molecule has 0 saturated carbocycles. The molecule has 0 spiro atoms. The lowest BCUT2D eigenvalue weighted by Crippen LogP contribution is -2.14. The fraction of sp³-hybridized carbons (Fsp3) is 0.143. The van der Waals surface area contributed by atoms with E-state index in [1.165, 1.54) is 32.4 Å². The number of nitrogens with one attached hydrogen (secondary N) is 1. The van der Waals surface area contributed by atoms with Crippen molar-refractivity contribution in [2.45, 2.75) is 0 Å². The van der Waals surface area contributed by atoms with E-state index in [4.69, 9.17) is 4.74 Å². The summed E-state index contributed by atoms with van der Waals surface area (Å²) in [6, 6.07) is 5.90. The van der Waals surface area contributed by atoms with Gasteiger partial charge in [0.2, 0.25) is 0 Å². The van der Waals surface area contributed by atoms with Gasteiger partial charge in [0.05, 0.1) is 25.5 Å². The van der Waals surface area contributed by atoms with E-state index in [0.29, 0.717) is 11.4 Å². The molecule has 0 radical (unpaired) electrons. The highest BCUT2D eigenvalue weighted by Crippen LogP contribution is 2.27. The van der Waals surface area contributed by atoms with E-state index in [0.717, 1.165) is 11.3 Å². The minimum atomic E-state index is -0.546. The number of thiophene rings is 1. The van der Waals surface area contributed by atoms with Gasteiger partial charge in [0.25, 0.3) is 5.91 Å². The minimum absolute atomic E-state index is 0.0522. The van der Waals surface area contributed by atoms with E-state index in [-0.39, 0.29) is 16.2 Å². The summed E-state index contributed by atoms with van der Waals surface area (Å²) in [6.07, 6.45) is 0. The molecule has 1 aromatic carbocycles. The van der Waals surface area contributed by atoms with Crippen molar-refractivity contribution >= 4 is 28.9 Å². The first-order valence-electron chi connectivity index (χ1n) is 5.91. The van der Waals surface area contributed by atoms with E-state index >= 15 is 0 Å². The average molecular weight is 307 g/mol. The highest BCUT2D eigenvalue weighted by atomic mass is 32.1. The van der Waals surface area contributed by atoms with Gasteiger partial charge in [-0.25, -0.2) is 4.79 Å². The molecule has 0 fully saturated rings. The Balaban J connectivity index is 2.26. The smallest absolute Gasteiger partial charge is 0.350 e. The first-order valence-corrected chi connectivity index (χ1v) is 6.79. The van der Waals surface area contributed by atoms with Crippen molar-refractivity contribution in [3.63, 3.8) is 0 Å². The van der Waals surface area contributed by atoms with Crippen molar-refractivity contribution in [2.75, 3.05) is 19.5 Å². The molecular formula is C14H13NO5S. The van der Waals surface area contributed by atoms with Gasteiger partial charge in [-0.1, -0.05) is 0 Å². The van der Waals surface area contributed by atoms with Gasteiger partial charge >= 0.3 is 5.97 Å². The van der Waals surface area contributed by atoms with Gasteiger partial charge in [-0.2, -0.15) is 0 Å². The van der Waals surface area contributed by atoms with Crippen molar-refractivity contribution < 1.29 is 24.2 Å². The van der Waals surface area contributed by atoms with E-state index in [2.05, 4.69) is 10.1 Å². The van der Waals surface area contributed by atoms with Gasteiger partial charge in [0, 0.05) is 0 Å². The summed E-state index contributed by atoms with van der Waals surface area (Å²) in [7, 11) is 2.73. The van der Waals surface area contributed by atoms with Crippen LogP contribution in [0.1, 0.15) is 20.0 Å². The lowest BCUT2D eigenvalue weighted by Gasteiger charge is -2.08. The zero-order chi connectivity index (χ0) is 15.4. The van der Waals surface area contributed by atoms with Gasteiger partial charge in [0.1, 0.15) is 16.4 Å². The van der Waals surface area contributed by atoms with Crippen LogP contribution in [-0.4, -0.2) is 31.2 Å². The van der Waals surface area contributed by atoms with Gasteiger partial charge in [-0.05, 0) is 29.6 Å². The second-order valence-corrected chi connectivity index (χ2v) is 4.91. The first-order chi connectivity index (χ1) is 10.1. The molecule has 0 aliphatic heterocycles. The lowest BCUT2D eigenvalue weighted by atomic mass is 10.1. The molecule has 0 bridgehead atoms. The summed E-state index contributed by atoms with van der Waals surface area (Å²) >= 11 is 1.15. The van der Waals surface area contributed by atoms with E-state index in [1.54, 1.807) is 11.4 Å². The van der Waals surface area contributed by atoms with Gasteiger partial charge < -0.3 is 19.9 Å². The number of rotatable bonds is 4. The van der Waals surface area contributed by atoms with Crippen molar-refractivity contribution in [2.24, 2.45) is 0 Å². The Kier molecular flexibility index (Phi) is 4.44. The molecule has 21 heavy (non-hydrogen) atoms. The van der Waals surface area contributed by atoms with Gasteiger partial charge in [0.15, 0.2) is 0 Å². The second-order valence-electron chi connectivity index (χ2n) is 3.99. The van der Waals surface area contributed by atoms with Crippen LogP contribution in [0.25, 0.3) is 0 Å². The molecule has 1 amide bonds. The highest BCUT2D eigenvalue weighted by Gasteiger charge is 2.18. The second kappa shape index (κ2) is 6.27. The standard InChI is InChI=1S/C14H13NO5S/c1-19-8-3-4-11(16)9(7-8)13(17)15-10-5-6-21-12(10)14(18)20-2/h3-7,16H,1-2H3,(H,15,17). The SMILES string of the molecule is COC(=O)c1sccc1NC(=O)c1cc(OC)ccc1O. The number of hydrogen-bond acceptors (Lipinski definition) is 6. The summed E-state index contributed by atoms with van der Waals surface area (Å²) < 4.78 is 9.64. The van der Waals surface area contributed by atoms with E-state index in [1.807, 2.05) is 0 Å². The quantitative estimate of drug-likeness (QED) is 0.848. The largest absolute Gasteiger partial charge is 0.507 e. The number of phenols is 1. The molecular weight excluding hydrogens is 294 g/mol. The number of hydrogen-bond donors (Lipinski definition) is 2. The third-order valence-electron chi connectivity index (χ3n) is 2.73.